The van der Waals surface area contributed by atoms with Gasteiger partial charge in [-0.25, -0.2) is 0 Å². The summed E-state index contributed by atoms with van der Waals surface area (Å²) in [6.07, 6.45) is -0.447. The minimum absolute atomic E-state index is 0.201. The number of carbonyl (C=O) groups excluding carboxylic acids is 3. The minimum Gasteiger partial charge on any atom is -0.466 e. The number of benzene rings is 2. The van der Waals surface area contributed by atoms with E-state index in [0.29, 0.717) is 16.9 Å². The predicted molar refractivity (Wildman–Crippen MR) is 104 cm³/mol. The number of fused-ring (bicyclic) bond motifs is 1. The number of hydrogen-bond acceptors (Lipinski definition) is 5. The molecule has 6 nitrogen and oxygen atoms in total. The van der Waals surface area contributed by atoms with Crippen LogP contribution >= 0.6 is 0 Å². The molecule has 146 valence electrons. The smallest absolute Gasteiger partial charge is 0.307 e. The Morgan fingerprint density at radius 3 is 1.96 bits per heavy atom. The van der Waals surface area contributed by atoms with E-state index in [-0.39, 0.29) is 32.0 Å². The first-order valence-corrected chi connectivity index (χ1v) is 9.34. The molecule has 0 bridgehead atoms. The van der Waals surface area contributed by atoms with E-state index in [2.05, 4.69) is 0 Å². The Labute approximate surface area is 164 Å². The van der Waals surface area contributed by atoms with E-state index in [0.717, 1.165) is 0 Å². The summed E-state index contributed by atoms with van der Waals surface area (Å²) in [5.41, 5.74) is 0.608. The van der Waals surface area contributed by atoms with Crippen LogP contribution in [0.5, 0.6) is 0 Å². The van der Waals surface area contributed by atoms with E-state index in [9.17, 15) is 14.4 Å². The first kappa shape index (κ1) is 19.6. The van der Waals surface area contributed by atoms with Gasteiger partial charge in [-0.2, -0.15) is 0 Å². The van der Waals surface area contributed by atoms with Crippen LogP contribution in [-0.4, -0.2) is 31.1 Å². The largest absolute Gasteiger partial charge is 0.466 e. The summed E-state index contributed by atoms with van der Waals surface area (Å²) in [6.45, 7) is 3.81. The summed E-state index contributed by atoms with van der Waals surface area (Å²) in [7, 11) is 0. The molecular weight excluding hydrogens is 358 g/mol. The molecule has 6 heteroatoms. The highest BCUT2D eigenvalue weighted by Gasteiger charge is 2.54. The second kappa shape index (κ2) is 8.25. The van der Waals surface area contributed by atoms with Gasteiger partial charge in [0.05, 0.1) is 37.2 Å². The average molecular weight is 381 g/mol. The van der Waals surface area contributed by atoms with Gasteiger partial charge >= 0.3 is 11.9 Å². The van der Waals surface area contributed by atoms with Crippen molar-refractivity contribution in [1.82, 2.24) is 0 Å². The van der Waals surface area contributed by atoms with Crippen LogP contribution in [0.25, 0.3) is 0 Å². The summed E-state index contributed by atoms with van der Waals surface area (Å²) in [6, 6.07) is 16.4. The van der Waals surface area contributed by atoms with E-state index in [4.69, 9.17) is 9.47 Å². The van der Waals surface area contributed by atoms with Gasteiger partial charge in [-0.05, 0) is 37.6 Å². The average Bonchev–Trinajstić information content (AvgIpc) is 2.91. The number of ether oxygens (including phenoxy) is 2. The number of rotatable bonds is 7. The van der Waals surface area contributed by atoms with E-state index in [1.807, 2.05) is 42.5 Å². The Bertz CT molecular complexity index is 858. The molecule has 1 aliphatic rings. The van der Waals surface area contributed by atoms with Gasteiger partial charge in [0.25, 0.3) is 0 Å². The quantitative estimate of drug-likeness (QED) is 0.686. The number of amides is 1. The minimum atomic E-state index is -1.36. The zero-order valence-electron chi connectivity index (χ0n) is 16.0. The maximum atomic E-state index is 13.7. The Kier molecular flexibility index (Phi) is 5.78. The van der Waals surface area contributed by atoms with Gasteiger partial charge in [0.1, 0.15) is 0 Å². The molecule has 3 rings (SSSR count). The van der Waals surface area contributed by atoms with Crippen molar-refractivity contribution < 1.29 is 23.9 Å². The molecule has 0 unspecified atom stereocenters. The molecule has 0 fully saturated rings. The summed E-state index contributed by atoms with van der Waals surface area (Å²) >= 11 is 0. The van der Waals surface area contributed by atoms with Gasteiger partial charge in [-0.1, -0.05) is 36.4 Å². The Balaban J connectivity index is 2.13. The molecule has 0 N–H and O–H groups in total. The van der Waals surface area contributed by atoms with Crippen molar-refractivity contribution >= 4 is 29.2 Å². The molecule has 1 aliphatic heterocycles. The lowest BCUT2D eigenvalue weighted by Crippen LogP contribution is -2.42. The predicted octanol–water partition coefficient (Wildman–Crippen LogP) is 3.51. The van der Waals surface area contributed by atoms with Crippen molar-refractivity contribution in [2.75, 3.05) is 18.1 Å². The van der Waals surface area contributed by atoms with Gasteiger partial charge in [-0.3, -0.25) is 19.3 Å². The number of para-hydroxylation sites is 2. The van der Waals surface area contributed by atoms with Gasteiger partial charge in [0.2, 0.25) is 5.91 Å². The number of nitrogens with zero attached hydrogens (tertiary/aromatic N) is 1. The number of hydrogen-bond donors (Lipinski definition) is 0. The van der Waals surface area contributed by atoms with Crippen molar-refractivity contribution in [2.45, 2.75) is 32.1 Å². The van der Waals surface area contributed by atoms with Gasteiger partial charge in [-0.15, -0.1) is 0 Å². The summed E-state index contributed by atoms with van der Waals surface area (Å²) in [5.74, 6) is -1.38. The second-order valence-corrected chi connectivity index (χ2v) is 6.54. The number of esters is 2. The SMILES string of the molecule is CCOC(=O)CC1(CC(=O)OCC)C(=O)N(c2ccccc2)c2ccccc21. The number of carbonyl (C=O) groups is 3. The maximum Gasteiger partial charge on any atom is 0.307 e. The van der Waals surface area contributed by atoms with Gasteiger partial charge < -0.3 is 9.47 Å². The third-order valence-electron chi connectivity index (χ3n) is 4.79. The topological polar surface area (TPSA) is 72.9 Å². The molecule has 2 aromatic carbocycles. The molecule has 1 amide bonds. The van der Waals surface area contributed by atoms with Crippen LogP contribution in [-0.2, 0) is 29.3 Å². The molecule has 0 aromatic heterocycles. The number of anilines is 2. The molecule has 28 heavy (non-hydrogen) atoms. The van der Waals surface area contributed by atoms with E-state index < -0.39 is 17.4 Å². The van der Waals surface area contributed by atoms with Crippen molar-refractivity contribution in [3.05, 3.63) is 60.2 Å². The van der Waals surface area contributed by atoms with Crippen molar-refractivity contribution in [3.63, 3.8) is 0 Å². The fourth-order valence-electron chi connectivity index (χ4n) is 3.67. The Morgan fingerprint density at radius 2 is 1.39 bits per heavy atom. The zero-order chi connectivity index (χ0) is 20.1. The molecule has 0 atom stereocenters. The van der Waals surface area contributed by atoms with Crippen LogP contribution < -0.4 is 4.90 Å². The molecule has 0 saturated heterocycles. The first-order valence-electron chi connectivity index (χ1n) is 9.34. The molecule has 0 aliphatic carbocycles. The first-order chi connectivity index (χ1) is 13.5. The summed E-state index contributed by atoms with van der Waals surface area (Å²) in [5, 5.41) is 0. The molecule has 2 aromatic rings. The second-order valence-electron chi connectivity index (χ2n) is 6.54. The van der Waals surface area contributed by atoms with Crippen LogP contribution in [0.1, 0.15) is 32.3 Å². The third kappa shape index (κ3) is 3.50. The van der Waals surface area contributed by atoms with Crippen molar-refractivity contribution in [3.8, 4) is 0 Å². The molecular formula is C22H23NO5. The normalized spacial score (nSPS) is 14.5. The zero-order valence-corrected chi connectivity index (χ0v) is 16.0. The lowest BCUT2D eigenvalue weighted by atomic mass is 9.75. The van der Waals surface area contributed by atoms with Crippen molar-refractivity contribution in [2.24, 2.45) is 0 Å². The summed E-state index contributed by atoms with van der Waals surface area (Å²) in [4.78, 5) is 40.0. The fourth-order valence-corrected chi connectivity index (χ4v) is 3.67. The highest BCUT2D eigenvalue weighted by Crippen LogP contribution is 2.49. The highest BCUT2D eigenvalue weighted by atomic mass is 16.5. The van der Waals surface area contributed by atoms with Gasteiger partial charge in [0.15, 0.2) is 0 Å². The van der Waals surface area contributed by atoms with E-state index in [1.54, 1.807) is 30.9 Å². The third-order valence-corrected chi connectivity index (χ3v) is 4.79. The standard InChI is InChI=1S/C22H23NO5/c1-3-27-19(24)14-22(15-20(25)28-4-2)17-12-8-9-13-18(17)23(21(22)26)16-10-6-5-7-11-16/h5-13H,3-4,14-15H2,1-2H3. The van der Waals surface area contributed by atoms with Crippen LogP contribution in [0, 0.1) is 0 Å². The summed E-state index contributed by atoms with van der Waals surface area (Å²) < 4.78 is 10.2. The monoisotopic (exact) mass is 381 g/mol. The van der Waals surface area contributed by atoms with E-state index in [1.165, 1.54) is 0 Å². The maximum absolute atomic E-state index is 13.7. The van der Waals surface area contributed by atoms with Crippen LogP contribution in [0.4, 0.5) is 11.4 Å². The van der Waals surface area contributed by atoms with Crippen LogP contribution in [0.2, 0.25) is 0 Å². The van der Waals surface area contributed by atoms with Crippen molar-refractivity contribution in [1.29, 1.82) is 0 Å². The Hall–Kier alpha value is -3.15. The van der Waals surface area contributed by atoms with Gasteiger partial charge in [0, 0.05) is 5.69 Å². The fraction of sp³-hybridized carbons (Fsp3) is 0.318. The van der Waals surface area contributed by atoms with Crippen LogP contribution in [0.3, 0.4) is 0 Å². The lowest BCUT2D eigenvalue weighted by molar-refractivity contribution is -0.150. The molecule has 0 spiro atoms. The van der Waals surface area contributed by atoms with Crippen LogP contribution in [0.15, 0.2) is 54.6 Å². The Morgan fingerprint density at radius 1 is 0.857 bits per heavy atom. The molecule has 0 saturated carbocycles. The molecule has 1 heterocycles. The highest BCUT2D eigenvalue weighted by molar-refractivity contribution is 6.15. The lowest BCUT2D eigenvalue weighted by Gasteiger charge is -2.27. The van der Waals surface area contributed by atoms with E-state index >= 15 is 0 Å². The molecule has 0 radical (unpaired) electrons.